The van der Waals surface area contributed by atoms with E-state index in [1.807, 2.05) is 25.6 Å². The lowest BCUT2D eigenvalue weighted by Crippen LogP contribution is -2.42. The van der Waals surface area contributed by atoms with Crippen LogP contribution >= 0.6 is 0 Å². The van der Waals surface area contributed by atoms with Crippen molar-refractivity contribution in [1.82, 2.24) is 20.3 Å². The first-order valence-electron chi connectivity index (χ1n) is 10.4. The molecule has 0 saturated carbocycles. The fourth-order valence-corrected chi connectivity index (χ4v) is 3.39. The number of hydrogen-bond donors (Lipinski definition) is 1. The van der Waals surface area contributed by atoms with E-state index in [1.54, 1.807) is 6.92 Å². The first-order valence-corrected chi connectivity index (χ1v) is 10.4. The molecule has 1 aromatic heterocycles. The fourth-order valence-electron chi connectivity index (χ4n) is 3.39. The summed E-state index contributed by atoms with van der Waals surface area (Å²) in [6, 6.07) is 0. The molecule has 1 heterocycles. The Balaban J connectivity index is 2.73. The topological polar surface area (TPSA) is 69.0 Å². The van der Waals surface area contributed by atoms with Crippen LogP contribution < -0.4 is 5.32 Å². The monoisotopic (exact) mass is 394 g/mol. The smallest absolute Gasteiger partial charge is 0.129 e. The van der Waals surface area contributed by atoms with Gasteiger partial charge in [-0.25, -0.2) is 4.68 Å². The predicted molar refractivity (Wildman–Crippen MR) is 115 cm³/mol. The Kier molecular flexibility index (Phi) is 7.99. The molecular formula is C22H42N4O2. The highest BCUT2D eigenvalue weighted by atomic mass is 16.5. The maximum Gasteiger partial charge on any atom is 0.129 e. The molecule has 0 atom stereocenters. The van der Waals surface area contributed by atoms with Gasteiger partial charge in [-0.1, -0.05) is 19.1 Å². The van der Waals surface area contributed by atoms with Gasteiger partial charge in [0.25, 0.3) is 0 Å². The molecule has 0 bridgehead atoms. The number of ether oxygens (including phenoxy) is 1. The summed E-state index contributed by atoms with van der Waals surface area (Å²) in [5, 5.41) is 12.3. The second-order valence-corrected chi connectivity index (χ2v) is 10.6. The van der Waals surface area contributed by atoms with Crippen molar-refractivity contribution in [2.24, 2.45) is 0 Å². The maximum atomic E-state index is 11.2. The first-order chi connectivity index (χ1) is 12.6. The van der Waals surface area contributed by atoms with Gasteiger partial charge in [-0.05, 0) is 74.8 Å². The van der Waals surface area contributed by atoms with Gasteiger partial charge in [0.2, 0.25) is 0 Å². The Hall–Kier alpha value is -1.27. The second kappa shape index (κ2) is 9.04. The molecule has 6 heteroatoms. The van der Waals surface area contributed by atoms with Crippen LogP contribution in [0.1, 0.15) is 93.7 Å². The van der Waals surface area contributed by atoms with E-state index >= 15 is 0 Å². The van der Waals surface area contributed by atoms with E-state index in [0.29, 0.717) is 13.0 Å². The second-order valence-electron chi connectivity index (χ2n) is 10.6. The van der Waals surface area contributed by atoms with Crippen molar-refractivity contribution < 1.29 is 9.53 Å². The van der Waals surface area contributed by atoms with E-state index in [2.05, 4.69) is 63.4 Å². The molecule has 0 amide bonds. The lowest BCUT2D eigenvalue weighted by molar-refractivity contribution is -0.119. The number of rotatable bonds is 12. The Morgan fingerprint density at radius 3 is 2.25 bits per heavy atom. The molecule has 0 aromatic carbocycles. The van der Waals surface area contributed by atoms with Gasteiger partial charge in [0.05, 0.1) is 16.8 Å². The molecule has 0 aliphatic heterocycles. The van der Waals surface area contributed by atoms with Gasteiger partial charge in [-0.2, -0.15) is 0 Å². The van der Waals surface area contributed by atoms with Crippen LogP contribution in [0.25, 0.3) is 0 Å². The summed E-state index contributed by atoms with van der Waals surface area (Å²) in [7, 11) is 1.99. The molecule has 6 nitrogen and oxygen atoms in total. The summed E-state index contributed by atoms with van der Waals surface area (Å²) in [6.07, 6.45) is 5.16. The van der Waals surface area contributed by atoms with Gasteiger partial charge in [-0.3, -0.25) is 0 Å². The molecule has 0 radical (unpaired) electrons. The van der Waals surface area contributed by atoms with E-state index in [9.17, 15) is 4.79 Å². The molecule has 0 aliphatic rings. The van der Waals surface area contributed by atoms with Crippen LogP contribution in [0.4, 0.5) is 0 Å². The molecule has 1 aromatic rings. The van der Waals surface area contributed by atoms with Crippen LogP contribution in [0, 0.1) is 0 Å². The van der Waals surface area contributed by atoms with Crippen LogP contribution in [0.15, 0.2) is 6.20 Å². The Bertz CT molecular complexity index is 645. The average Bonchev–Trinajstić information content (AvgIpc) is 3.03. The molecular weight excluding hydrogens is 352 g/mol. The molecule has 28 heavy (non-hydrogen) atoms. The van der Waals surface area contributed by atoms with E-state index in [-0.39, 0.29) is 27.9 Å². The molecule has 0 unspecified atom stereocenters. The van der Waals surface area contributed by atoms with Gasteiger partial charge < -0.3 is 14.8 Å². The predicted octanol–water partition coefficient (Wildman–Crippen LogP) is 4.23. The molecule has 0 fully saturated rings. The third kappa shape index (κ3) is 7.63. The van der Waals surface area contributed by atoms with Crippen molar-refractivity contribution in [3.8, 4) is 0 Å². The van der Waals surface area contributed by atoms with E-state index in [4.69, 9.17) is 4.74 Å². The Morgan fingerprint density at radius 1 is 1.11 bits per heavy atom. The van der Waals surface area contributed by atoms with Crippen molar-refractivity contribution in [2.45, 2.75) is 110 Å². The van der Waals surface area contributed by atoms with Crippen LogP contribution in [-0.4, -0.2) is 45.6 Å². The normalized spacial score (nSPS) is 13.8. The van der Waals surface area contributed by atoms with Gasteiger partial charge in [0, 0.05) is 30.2 Å². The highest BCUT2D eigenvalue weighted by Gasteiger charge is 2.33. The fraction of sp³-hybridized carbons (Fsp3) is 0.864. The minimum atomic E-state index is -0.296. The quantitative estimate of drug-likeness (QED) is 0.574. The van der Waals surface area contributed by atoms with Gasteiger partial charge in [0.15, 0.2) is 0 Å². The molecule has 162 valence electrons. The van der Waals surface area contributed by atoms with Gasteiger partial charge in [0.1, 0.15) is 5.78 Å². The number of nitrogens with one attached hydrogen (secondary N) is 1. The number of aromatic nitrogens is 3. The minimum absolute atomic E-state index is 0.0299. The number of nitrogens with zero attached hydrogens (tertiary/aromatic N) is 3. The Morgan fingerprint density at radius 2 is 1.71 bits per heavy atom. The minimum Gasteiger partial charge on any atom is -0.375 e. The summed E-state index contributed by atoms with van der Waals surface area (Å²) in [4.78, 5) is 11.2. The highest BCUT2D eigenvalue weighted by Crippen LogP contribution is 2.32. The molecule has 1 N–H and O–H groups in total. The summed E-state index contributed by atoms with van der Waals surface area (Å²) in [6.45, 7) is 19.5. The number of carbonyl (C=O) groups is 1. The van der Waals surface area contributed by atoms with Crippen molar-refractivity contribution in [1.29, 1.82) is 0 Å². The van der Waals surface area contributed by atoms with Crippen molar-refractivity contribution >= 4 is 5.78 Å². The number of Topliss-reactive ketones (excluding diaryl/α,β-unsaturated/α-hetero) is 1. The van der Waals surface area contributed by atoms with Crippen molar-refractivity contribution in [3.63, 3.8) is 0 Å². The summed E-state index contributed by atoms with van der Waals surface area (Å²) < 4.78 is 8.03. The van der Waals surface area contributed by atoms with Crippen molar-refractivity contribution in [3.05, 3.63) is 11.9 Å². The average molecular weight is 395 g/mol. The lowest BCUT2D eigenvalue weighted by Gasteiger charge is -2.33. The first kappa shape index (κ1) is 24.8. The highest BCUT2D eigenvalue weighted by molar-refractivity contribution is 5.75. The van der Waals surface area contributed by atoms with Crippen LogP contribution in [-0.2, 0) is 20.5 Å². The molecule has 1 rings (SSSR count). The molecule has 0 saturated heterocycles. The summed E-state index contributed by atoms with van der Waals surface area (Å²) in [5.74, 6) is 0.205. The lowest BCUT2D eigenvalue weighted by atomic mass is 9.78. The van der Waals surface area contributed by atoms with Crippen LogP contribution in [0.2, 0.25) is 0 Å². The van der Waals surface area contributed by atoms with E-state index in [0.717, 1.165) is 25.0 Å². The third-order valence-corrected chi connectivity index (χ3v) is 5.65. The van der Waals surface area contributed by atoms with Gasteiger partial charge >= 0.3 is 0 Å². The largest absolute Gasteiger partial charge is 0.375 e. The van der Waals surface area contributed by atoms with Crippen molar-refractivity contribution in [2.75, 3.05) is 13.7 Å². The van der Waals surface area contributed by atoms with Crippen LogP contribution in [0.5, 0.6) is 0 Å². The molecule has 0 aliphatic carbocycles. The maximum absolute atomic E-state index is 11.2. The summed E-state index contributed by atoms with van der Waals surface area (Å²) >= 11 is 0. The standard InChI is InChI=1S/C22H42N4O2/c1-17(27)11-12-22(8,9)28-14-13-21(6,7)26-15-18(24-25-26)19(2,3)16-20(4,5)23-10/h15,23H,11-14,16H2,1-10H3. The zero-order valence-electron chi connectivity index (χ0n) is 19.8. The third-order valence-electron chi connectivity index (χ3n) is 5.65. The SMILES string of the molecule is CNC(C)(C)CC(C)(C)c1cn(C(C)(C)CCOC(C)(C)CCC(C)=O)nn1. The van der Waals surface area contributed by atoms with E-state index < -0.39 is 0 Å². The Labute approximate surface area is 171 Å². The number of hydrogen-bond acceptors (Lipinski definition) is 5. The van der Waals surface area contributed by atoms with Crippen LogP contribution in [0.3, 0.4) is 0 Å². The molecule has 0 spiro atoms. The zero-order chi connectivity index (χ0) is 21.8. The van der Waals surface area contributed by atoms with E-state index in [1.165, 1.54) is 0 Å². The summed E-state index contributed by atoms with van der Waals surface area (Å²) in [5.41, 5.74) is 0.465. The zero-order valence-corrected chi connectivity index (χ0v) is 19.8. The van der Waals surface area contributed by atoms with Gasteiger partial charge in [-0.15, -0.1) is 5.10 Å². The number of carbonyl (C=O) groups excluding carboxylic acids is 1. The number of ketones is 1.